The summed E-state index contributed by atoms with van der Waals surface area (Å²) in [6.07, 6.45) is -6.35. The second kappa shape index (κ2) is 5.96. The third-order valence-electron chi connectivity index (χ3n) is 3.66. The van der Waals surface area contributed by atoms with Gasteiger partial charge in [0.15, 0.2) is 11.3 Å². The summed E-state index contributed by atoms with van der Waals surface area (Å²) in [6.45, 7) is 0.0829. The molecule has 0 saturated carbocycles. The van der Waals surface area contributed by atoms with Gasteiger partial charge >= 0.3 is 6.18 Å². The number of piperazine rings is 1. The highest BCUT2D eigenvalue weighted by molar-refractivity contribution is 5.93. The fourth-order valence-electron chi connectivity index (χ4n) is 2.51. The zero-order valence-corrected chi connectivity index (χ0v) is 12.1. The molecule has 11 heteroatoms. The molecular formula is C13H12F5N5O. The number of amides is 1. The van der Waals surface area contributed by atoms with E-state index in [0.717, 1.165) is 23.2 Å². The van der Waals surface area contributed by atoms with Crippen molar-refractivity contribution < 1.29 is 26.7 Å². The van der Waals surface area contributed by atoms with Crippen LogP contribution >= 0.6 is 0 Å². The molecule has 3 rings (SSSR count). The summed E-state index contributed by atoms with van der Waals surface area (Å²) in [4.78, 5) is 17.3. The average Bonchev–Trinajstić information content (AvgIpc) is 2.97. The third-order valence-corrected chi connectivity index (χ3v) is 3.66. The quantitative estimate of drug-likeness (QED) is 0.834. The van der Waals surface area contributed by atoms with Crippen LogP contribution in [0.2, 0.25) is 0 Å². The second-order valence-electron chi connectivity index (χ2n) is 5.27. The van der Waals surface area contributed by atoms with Crippen molar-refractivity contribution in [2.75, 3.05) is 19.6 Å². The number of hydrogen-bond donors (Lipinski definition) is 1. The van der Waals surface area contributed by atoms with Gasteiger partial charge in [-0.15, -0.1) is 0 Å². The topological polar surface area (TPSA) is 62.5 Å². The van der Waals surface area contributed by atoms with Crippen LogP contribution in [-0.2, 0) is 6.18 Å². The standard InChI is InChI=1S/C13H12F5N5O/c14-11(15)8-6-22(4-3-19-8)12(24)7-5-10-20-2-1-9(13(16,17)18)23(10)21-7/h1-2,5,8,11,19H,3-4,6H2. The van der Waals surface area contributed by atoms with Crippen molar-refractivity contribution in [3.63, 3.8) is 0 Å². The van der Waals surface area contributed by atoms with Gasteiger partial charge in [-0.3, -0.25) is 4.79 Å². The van der Waals surface area contributed by atoms with Gasteiger partial charge in [0.1, 0.15) is 5.69 Å². The molecule has 0 aromatic carbocycles. The lowest BCUT2D eigenvalue weighted by Gasteiger charge is -2.32. The molecule has 2 aromatic heterocycles. The van der Waals surface area contributed by atoms with Crippen molar-refractivity contribution in [1.29, 1.82) is 0 Å². The molecule has 0 radical (unpaired) electrons. The normalized spacial score (nSPS) is 19.2. The molecule has 1 aliphatic heterocycles. The van der Waals surface area contributed by atoms with E-state index in [4.69, 9.17) is 0 Å². The number of aromatic nitrogens is 3. The molecule has 2 aromatic rings. The largest absolute Gasteiger partial charge is 0.433 e. The fraction of sp³-hybridized carbons (Fsp3) is 0.462. The van der Waals surface area contributed by atoms with Crippen LogP contribution in [0.25, 0.3) is 5.65 Å². The van der Waals surface area contributed by atoms with Crippen molar-refractivity contribution in [2.45, 2.75) is 18.6 Å². The zero-order chi connectivity index (χ0) is 17.5. The Morgan fingerprint density at radius 2 is 2.12 bits per heavy atom. The molecule has 1 saturated heterocycles. The lowest BCUT2D eigenvalue weighted by atomic mass is 10.2. The Hall–Kier alpha value is -2.30. The highest BCUT2D eigenvalue weighted by atomic mass is 19.4. The number of nitrogens with zero attached hydrogens (tertiary/aromatic N) is 4. The van der Waals surface area contributed by atoms with E-state index in [9.17, 15) is 26.7 Å². The van der Waals surface area contributed by atoms with E-state index in [1.54, 1.807) is 0 Å². The summed E-state index contributed by atoms with van der Waals surface area (Å²) in [5.74, 6) is -0.708. The molecular weight excluding hydrogens is 337 g/mol. The van der Waals surface area contributed by atoms with Crippen LogP contribution < -0.4 is 5.32 Å². The highest BCUT2D eigenvalue weighted by Crippen LogP contribution is 2.29. The molecule has 1 fully saturated rings. The van der Waals surface area contributed by atoms with E-state index in [-0.39, 0.29) is 31.0 Å². The SMILES string of the molecule is O=C(c1cc2nccc(C(F)(F)F)n2n1)N1CCNC(C(F)F)C1. The number of rotatable bonds is 2. The van der Waals surface area contributed by atoms with Crippen LogP contribution in [0.1, 0.15) is 16.2 Å². The Bertz CT molecular complexity index is 759. The van der Waals surface area contributed by atoms with Crippen molar-refractivity contribution in [1.82, 2.24) is 24.8 Å². The van der Waals surface area contributed by atoms with Gasteiger partial charge in [0.25, 0.3) is 12.3 Å². The smallest absolute Gasteiger partial charge is 0.334 e. The Balaban J connectivity index is 1.91. The summed E-state index contributed by atoms with van der Waals surface area (Å²) in [7, 11) is 0. The maximum atomic E-state index is 12.9. The number of nitrogens with one attached hydrogen (secondary N) is 1. The summed E-state index contributed by atoms with van der Waals surface area (Å²) < 4.78 is 64.9. The van der Waals surface area contributed by atoms with Crippen LogP contribution in [0.15, 0.2) is 18.3 Å². The number of halogens is 5. The van der Waals surface area contributed by atoms with Gasteiger partial charge in [-0.25, -0.2) is 18.3 Å². The summed E-state index contributed by atoms with van der Waals surface area (Å²) in [6, 6.07) is 0.673. The van der Waals surface area contributed by atoms with E-state index >= 15 is 0 Å². The molecule has 24 heavy (non-hydrogen) atoms. The molecule has 130 valence electrons. The maximum Gasteiger partial charge on any atom is 0.433 e. The monoisotopic (exact) mass is 349 g/mol. The van der Waals surface area contributed by atoms with Crippen molar-refractivity contribution >= 4 is 11.6 Å². The molecule has 1 amide bonds. The zero-order valence-electron chi connectivity index (χ0n) is 12.1. The lowest BCUT2D eigenvalue weighted by molar-refractivity contribution is -0.142. The summed E-state index contributed by atoms with van der Waals surface area (Å²) in [5.41, 5.74) is -1.49. The van der Waals surface area contributed by atoms with Gasteiger partial charge in [0.05, 0.1) is 6.04 Å². The fourth-order valence-corrected chi connectivity index (χ4v) is 2.51. The first-order valence-electron chi connectivity index (χ1n) is 7.00. The number of fused-ring (bicyclic) bond motifs is 1. The van der Waals surface area contributed by atoms with Gasteiger partial charge in [0.2, 0.25) is 0 Å². The number of carbonyl (C=O) groups excluding carboxylic acids is 1. The van der Waals surface area contributed by atoms with Crippen LogP contribution in [0.5, 0.6) is 0 Å². The van der Waals surface area contributed by atoms with Gasteiger partial charge in [0, 0.05) is 31.9 Å². The molecule has 0 bridgehead atoms. The van der Waals surface area contributed by atoms with Crippen LogP contribution in [0.4, 0.5) is 22.0 Å². The molecule has 3 heterocycles. The summed E-state index contributed by atoms with van der Waals surface area (Å²) in [5, 5.41) is 6.24. The minimum Gasteiger partial charge on any atom is -0.334 e. The highest BCUT2D eigenvalue weighted by Gasteiger charge is 2.35. The maximum absolute atomic E-state index is 12.9. The molecule has 0 spiro atoms. The Labute approximate surface area is 132 Å². The van der Waals surface area contributed by atoms with Gasteiger partial charge in [-0.2, -0.15) is 18.3 Å². The molecule has 6 nitrogen and oxygen atoms in total. The van der Waals surface area contributed by atoms with Crippen molar-refractivity contribution in [3.05, 3.63) is 29.7 Å². The first-order valence-corrected chi connectivity index (χ1v) is 7.00. The van der Waals surface area contributed by atoms with E-state index in [2.05, 4.69) is 15.4 Å². The number of carbonyl (C=O) groups is 1. The lowest BCUT2D eigenvalue weighted by Crippen LogP contribution is -2.55. The number of alkyl halides is 5. The van der Waals surface area contributed by atoms with Crippen LogP contribution in [0, 0.1) is 0 Å². The van der Waals surface area contributed by atoms with E-state index in [0.29, 0.717) is 4.52 Å². The Kier molecular flexibility index (Phi) is 4.11. The minimum absolute atomic E-state index is 0.145. The molecule has 1 atom stereocenters. The first-order chi connectivity index (χ1) is 11.3. The predicted molar refractivity (Wildman–Crippen MR) is 71.7 cm³/mol. The van der Waals surface area contributed by atoms with Crippen molar-refractivity contribution in [2.24, 2.45) is 0 Å². The van der Waals surface area contributed by atoms with E-state index in [1.165, 1.54) is 0 Å². The number of hydrogen-bond acceptors (Lipinski definition) is 4. The molecule has 0 aliphatic carbocycles. The van der Waals surface area contributed by atoms with Crippen molar-refractivity contribution in [3.8, 4) is 0 Å². The van der Waals surface area contributed by atoms with Crippen LogP contribution in [0.3, 0.4) is 0 Å². The molecule has 1 unspecified atom stereocenters. The summed E-state index contributed by atoms with van der Waals surface area (Å²) >= 11 is 0. The van der Waals surface area contributed by atoms with Crippen LogP contribution in [-0.4, -0.2) is 57.5 Å². The predicted octanol–water partition coefficient (Wildman–Crippen LogP) is 1.43. The average molecular weight is 349 g/mol. The minimum atomic E-state index is -4.66. The molecule has 1 N–H and O–H groups in total. The Morgan fingerprint density at radius 3 is 2.79 bits per heavy atom. The van der Waals surface area contributed by atoms with Gasteiger partial charge < -0.3 is 10.2 Å². The van der Waals surface area contributed by atoms with Gasteiger partial charge in [-0.05, 0) is 6.07 Å². The van der Waals surface area contributed by atoms with Gasteiger partial charge in [-0.1, -0.05) is 0 Å². The Morgan fingerprint density at radius 1 is 1.38 bits per heavy atom. The molecule has 1 aliphatic rings. The third kappa shape index (κ3) is 3.03. The first kappa shape index (κ1) is 16.6. The van der Waals surface area contributed by atoms with E-state index < -0.39 is 30.2 Å². The second-order valence-corrected chi connectivity index (χ2v) is 5.27. The van der Waals surface area contributed by atoms with E-state index in [1.807, 2.05) is 0 Å².